The highest BCUT2D eigenvalue weighted by molar-refractivity contribution is 7.09. The fourth-order valence-electron chi connectivity index (χ4n) is 2.68. The van der Waals surface area contributed by atoms with E-state index in [9.17, 15) is 4.79 Å². The highest BCUT2D eigenvalue weighted by atomic mass is 32.1. The van der Waals surface area contributed by atoms with Crippen molar-refractivity contribution < 1.29 is 4.79 Å². The van der Waals surface area contributed by atoms with Crippen LogP contribution in [0.5, 0.6) is 0 Å². The van der Waals surface area contributed by atoms with E-state index >= 15 is 0 Å². The molecule has 0 aliphatic carbocycles. The second-order valence-electron chi connectivity index (χ2n) is 5.51. The number of carbonyl (C=O) groups is 1. The van der Waals surface area contributed by atoms with Crippen LogP contribution >= 0.6 is 11.3 Å². The zero-order chi connectivity index (χ0) is 15.4. The predicted octanol–water partition coefficient (Wildman–Crippen LogP) is 1.64. The third kappa shape index (κ3) is 3.51. The molecule has 2 aromatic heterocycles. The van der Waals surface area contributed by atoms with Gasteiger partial charge < -0.3 is 5.32 Å². The van der Waals surface area contributed by atoms with Crippen LogP contribution in [-0.2, 0) is 24.2 Å². The lowest BCUT2D eigenvalue weighted by Gasteiger charge is -2.31. The quantitative estimate of drug-likeness (QED) is 0.911. The molecule has 0 radical (unpaired) electrons. The van der Waals surface area contributed by atoms with Gasteiger partial charge in [-0.3, -0.25) is 9.69 Å². The average molecular weight is 316 g/mol. The Kier molecular flexibility index (Phi) is 4.80. The molecule has 0 saturated heterocycles. The summed E-state index contributed by atoms with van der Waals surface area (Å²) in [5.74, 6) is 0.0917. The van der Waals surface area contributed by atoms with Gasteiger partial charge in [0, 0.05) is 30.7 Å². The van der Waals surface area contributed by atoms with Crippen molar-refractivity contribution in [3.63, 3.8) is 0 Å². The van der Waals surface area contributed by atoms with E-state index in [0.29, 0.717) is 6.54 Å². The van der Waals surface area contributed by atoms with Crippen molar-refractivity contribution in [3.8, 4) is 0 Å². The second-order valence-corrected chi connectivity index (χ2v) is 6.54. The van der Waals surface area contributed by atoms with Gasteiger partial charge in [-0.25, -0.2) is 9.97 Å². The Morgan fingerprint density at radius 1 is 1.55 bits per heavy atom. The fraction of sp³-hybridized carbons (Fsp3) is 0.438. The monoisotopic (exact) mass is 316 g/mol. The van der Waals surface area contributed by atoms with Crippen LogP contribution in [0.15, 0.2) is 30.0 Å². The van der Waals surface area contributed by atoms with Crippen molar-refractivity contribution in [3.05, 3.63) is 46.2 Å². The van der Waals surface area contributed by atoms with Gasteiger partial charge in [-0.1, -0.05) is 6.07 Å². The maximum absolute atomic E-state index is 12.3. The molecule has 0 bridgehead atoms. The van der Waals surface area contributed by atoms with Crippen molar-refractivity contribution >= 4 is 17.2 Å². The number of fused-ring (bicyclic) bond motifs is 1. The second kappa shape index (κ2) is 6.98. The summed E-state index contributed by atoms with van der Waals surface area (Å²) in [6, 6.07) is 4.00. The van der Waals surface area contributed by atoms with Gasteiger partial charge in [0.15, 0.2) is 0 Å². The molecular formula is C16H20N4OS. The minimum absolute atomic E-state index is 0.0917. The summed E-state index contributed by atoms with van der Waals surface area (Å²) in [7, 11) is 0. The van der Waals surface area contributed by atoms with E-state index in [1.54, 1.807) is 17.7 Å². The molecule has 116 valence electrons. The number of nitrogens with zero attached hydrogens (tertiary/aromatic N) is 3. The molecule has 5 nitrogen and oxygen atoms in total. The molecule has 1 aliphatic heterocycles. The molecule has 2 aromatic rings. The Morgan fingerprint density at radius 3 is 3.27 bits per heavy atom. The maximum Gasteiger partial charge on any atom is 0.237 e. The third-order valence-corrected chi connectivity index (χ3v) is 5.02. The van der Waals surface area contributed by atoms with Crippen LogP contribution in [0.1, 0.15) is 23.1 Å². The van der Waals surface area contributed by atoms with Crippen molar-refractivity contribution in [2.45, 2.75) is 32.4 Å². The molecule has 3 rings (SSSR count). The normalized spacial score (nSPS) is 16.0. The first-order chi connectivity index (χ1) is 10.7. The van der Waals surface area contributed by atoms with E-state index in [1.807, 2.05) is 19.2 Å². The third-order valence-electron chi connectivity index (χ3n) is 4.08. The number of nitrogens with one attached hydrogen (secondary N) is 1. The van der Waals surface area contributed by atoms with Crippen molar-refractivity contribution in [1.29, 1.82) is 0 Å². The number of rotatable bonds is 5. The standard InChI is InChI=1S/C16H20N4OS/c1-12(16(21)18-6-4-14-3-2-8-22-14)20-7-5-13-9-17-11-19-15(13)10-20/h2-3,8-9,11-12H,4-7,10H2,1H3,(H,18,21)/t12-/m1/s1. The number of thiophene rings is 1. The minimum atomic E-state index is -0.133. The Morgan fingerprint density at radius 2 is 2.45 bits per heavy atom. The number of hydrogen-bond acceptors (Lipinski definition) is 5. The number of hydrogen-bond donors (Lipinski definition) is 1. The van der Waals surface area contributed by atoms with Crippen LogP contribution in [-0.4, -0.2) is 39.9 Å². The lowest BCUT2D eigenvalue weighted by atomic mass is 10.1. The largest absolute Gasteiger partial charge is 0.354 e. The molecule has 0 aromatic carbocycles. The van der Waals surface area contributed by atoms with Gasteiger partial charge in [0.2, 0.25) is 5.91 Å². The lowest BCUT2D eigenvalue weighted by molar-refractivity contribution is -0.126. The Bertz CT molecular complexity index is 629. The van der Waals surface area contributed by atoms with Crippen molar-refractivity contribution in [2.75, 3.05) is 13.1 Å². The predicted molar refractivity (Wildman–Crippen MR) is 86.6 cm³/mol. The van der Waals surface area contributed by atoms with Crippen LogP contribution in [0.4, 0.5) is 0 Å². The molecule has 0 fully saturated rings. The van der Waals surface area contributed by atoms with E-state index in [-0.39, 0.29) is 11.9 Å². The summed E-state index contributed by atoms with van der Waals surface area (Å²) in [6.07, 6.45) is 5.26. The molecule has 1 aliphatic rings. The van der Waals surface area contributed by atoms with Gasteiger partial charge >= 0.3 is 0 Å². The highest BCUT2D eigenvalue weighted by Crippen LogP contribution is 2.17. The Hall–Kier alpha value is -1.79. The molecule has 1 N–H and O–H groups in total. The van der Waals surface area contributed by atoms with Gasteiger partial charge in [0.1, 0.15) is 6.33 Å². The summed E-state index contributed by atoms with van der Waals surface area (Å²) in [5, 5.41) is 5.10. The number of amides is 1. The minimum Gasteiger partial charge on any atom is -0.354 e. The van der Waals surface area contributed by atoms with Gasteiger partial charge in [0.25, 0.3) is 0 Å². The average Bonchev–Trinajstić information content (AvgIpc) is 3.07. The van der Waals surface area contributed by atoms with E-state index in [2.05, 4.69) is 31.6 Å². The van der Waals surface area contributed by atoms with E-state index in [0.717, 1.165) is 31.6 Å². The maximum atomic E-state index is 12.3. The molecule has 0 spiro atoms. The molecule has 22 heavy (non-hydrogen) atoms. The fourth-order valence-corrected chi connectivity index (χ4v) is 3.39. The van der Waals surface area contributed by atoms with E-state index in [4.69, 9.17) is 0 Å². The molecular weight excluding hydrogens is 296 g/mol. The molecule has 6 heteroatoms. The molecule has 3 heterocycles. The molecule has 1 amide bonds. The molecule has 0 unspecified atom stereocenters. The van der Waals surface area contributed by atoms with Crippen LogP contribution in [0.2, 0.25) is 0 Å². The summed E-state index contributed by atoms with van der Waals surface area (Å²) < 4.78 is 0. The van der Waals surface area contributed by atoms with Gasteiger partial charge in [-0.2, -0.15) is 0 Å². The number of aromatic nitrogens is 2. The number of carbonyl (C=O) groups excluding carboxylic acids is 1. The van der Waals surface area contributed by atoms with Gasteiger partial charge in [-0.05, 0) is 36.8 Å². The summed E-state index contributed by atoms with van der Waals surface area (Å²) in [5.41, 5.74) is 2.24. The Labute approximate surface area is 134 Å². The van der Waals surface area contributed by atoms with Crippen LogP contribution < -0.4 is 5.32 Å². The summed E-state index contributed by atoms with van der Waals surface area (Å²) in [6.45, 7) is 4.25. The van der Waals surface area contributed by atoms with E-state index < -0.39 is 0 Å². The smallest absolute Gasteiger partial charge is 0.237 e. The Balaban J connectivity index is 1.51. The first kappa shape index (κ1) is 15.1. The SMILES string of the molecule is C[C@H](C(=O)NCCc1cccs1)N1CCc2cncnc2C1. The highest BCUT2D eigenvalue weighted by Gasteiger charge is 2.25. The first-order valence-corrected chi connectivity index (χ1v) is 8.44. The molecule has 0 saturated carbocycles. The van der Waals surface area contributed by atoms with E-state index in [1.165, 1.54) is 10.4 Å². The summed E-state index contributed by atoms with van der Waals surface area (Å²) >= 11 is 1.73. The van der Waals surface area contributed by atoms with Crippen molar-refractivity contribution in [1.82, 2.24) is 20.2 Å². The lowest BCUT2D eigenvalue weighted by Crippen LogP contribution is -2.47. The van der Waals surface area contributed by atoms with Gasteiger partial charge in [-0.15, -0.1) is 11.3 Å². The first-order valence-electron chi connectivity index (χ1n) is 7.56. The van der Waals surface area contributed by atoms with Crippen molar-refractivity contribution in [2.24, 2.45) is 0 Å². The zero-order valence-electron chi connectivity index (χ0n) is 12.7. The van der Waals surface area contributed by atoms with Crippen LogP contribution in [0, 0.1) is 0 Å². The topological polar surface area (TPSA) is 58.1 Å². The summed E-state index contributed by atoms with van der Waals surface area (Å²) in [4.78, 5) is 24.2. The van der Waals surface area contributed by atoms with Gasteiger partial charge in [0.05, 0.1) is 11.7 Å². The van der Waals surface area contributed by atoms with Crippen LogP contribution in [0.3, 0.4) is 0 Å². The molecule has 1 atom stereocenters. The van der Waals surface area contributed by atoms with Crippen LogP contribution in [0.25, 0.3) is 0 Å². The zero-order valence-corrected chi connectivity index (χ0v) is 13.5.